The van der Waals surface area contributed by atoms with Gasteiger partial charge in [-0.2, -0.15) is 0 Å². The highest BCUT2D eigenvalue weighted by Gasteiger charge is 2.16. The fourth-order valence-corrected chi connectivity index (χ4v) is 2.23. The van der Waals surface area contributed by atoms with E-state index >= 15 is 0 Å². The third-order valence-corrected chi connectivity index (χ3v) is 3.34. The van der Waals surface area contributed by atoms with Crippen molar-refractivity contribution in [3.8, 4) is 0 Å². The summed E-state index contributed by atoms with van der Waals surface area (Å²) < 4.78 is 0. The molecule has 96 valence electrons. The third kappa shape index (κ3) is 2.55. The minimum atomic E-state index is -0.00407. The lowest BCUT2D eigenvalue weighted by atomic mass is 10.0. The Labute approximate surface area is 108 Å². The maximum atomic E-state index is 12.1. The molecule has 0 saturated carbocycles. The molecule has 1 aromatic rings. The van der Waals surface area contributed by atoms with Crippen molar-refractivity contribution in [2.45, 2.75) is 26.7 Å². The smallest absolute Gasteiger partial charge is 0.317 e. The van der Waals surface area contributed by atoms with Gasteiger partial charge in [0.05, 0.1) is 0 Å². The Kier molecular flexibility index (Phi) is 4.03. The molecule has 1 N–H and O–H groups in total. The number of rotatable bonds is 3. The van der Waals surface area contributed by atoms with Crippen LogP contribution in [0, 0.1) is 0 Å². The molecule has 0 unspecified atom stereocenters. The standard InChI is InChI=1S/C15H20N2O/c1-3-12-8-7-9-13(4-2)14(12)16-15(18)17-10-5-6-11-17/h5-9H,3-4,10-11H2,1-2H3,(H,16,18). The number of hydrogen-bond donors (Lipinski definition) is 1. The molecular formula is C15H20N2O. The second-order valence-corrected chi connectivity index (χ2v) is 4.46. The summed E-state index contributed by atoms with van der Waals surface area (Å²) in [5.41, 5.74) is 3.41. The largest absolute Gasteiger partial charge is 0.322 e. The van der Waals surface area contributed by atoms with Gasteiger partial charge in [-0.15, -0.1) is 0 Å². The quantitative estimate of drug-likeness (QED) is 0.813. The lowest BCUT2D eigenvalue weighted by Gasteiger charge is -2.20. The van der Waals surface area contributed by atoms with E-state index in [0.29, 0.717) is 13.1 Å². The van der Waals surface area contributed by atoms with E-state index < -0.39 is 0 Å². The molecule has 0 saturated heterocycles. The summed E-state index contributed by atoms with van der Waals surface area (Å²) in [6, 6.07) is 6.22. The summed E-state index contributed by atoms with van der Waals surface area (Å²) in [6.07, 6.45) is 5.90. The van der Waals surface area contributed by atoms with Crippen molar-refractivity contribution in [3.63, 3.8) is 0 Å². The van der Waals surface area contributed by atoms with Crippen molar-refractivity contribution in [1.82, 2.24) is 4.90 Å². The second kappa shape index (κ2) is 5.71. The number of nitrogens with one attached hydrogen (secondary N) is 1. The second-order valence-electron chi connectivity index (χ2n) is 4.46. The molecule has 1 heterocycles. The van der Waals surface area contributed by atoms with Crippen LogP contribution in [-0.2, 0) is 12.8 Å². The van der Waals surface area contributed by atoms with E-state index in [4.69, 9.17) is 0 Å². The summed E-state index contributed by atoms with van der Waals surface area (Å²) in [5, 5.41) is 3.07. The Morgan fingerprint density at radius 3 is 2.22 bits per heavy atom. The van der Waals surface area contributed by atoms with Gasteiger partial charge in [-0.05, 0) is 24.0 Å². The number of anilines is 1. The van der Waals surface area contributed by atoms with Crippen molar-refractivity contribution in [1.29, 1.82) is 0 Å². The number of amides is 2. The minimum absolute atomic E-state index is 0.00407. The summed E-state index contributed by atoms with van der Waals surface area (Å²) in [5.74, 6) is 0. The zero-order valence-electron chi connectivity index (χ0n) is 11.1. The fourth-order valence-electron chi connectivity index (χ4n) is 2.23. The maximum absolute atomic E-state index is 12.1. The number of nitrogens with zero attached hydrogens (tertiary/aromatic N) is 1. The molecule has 1 aliphatic rings. The van der Waals surface area contributed by atoms with E-state index in [1.807, 2.05) is 12.2 Å². The minimum Gasteiger partial charge on any atom is -0.317 e. The van der Waals surface area contributed by atoms with Gasteiger partial charge >= 0.3 is 6.03 Å². The van der Waals surface area contributed by atoms with E-state index in [1.165, 1.54) is 11.1 Å². The average molecular weight is 244 g/mol. The SMILES string of the molecule is CCc1cccc(CC)c1NC(=O)N1CC=CC1. The van der Waals surface area contributed by atoms with E-state index in [0.717, 1.165) is 18.5 Å². The Hall–Kier alpha value is -1.77. The number of urea groups is 1. The number of para-hydroxylation sites is 1. The first-order valence-corrected chi connectivity index (χ1v) is 6.58. The van der Waals surface area contributed by atoms with Gasteiger partial charge in [0, 0.05) is 18.8 Å². The summed E-state index contributed by atoms with van der Waals surface area (Å²) in [7, 11) is 0. The highest BCUT2D eigenvalue weighted by molar-refractivity contribution is 5.91. The van der Waals surface area contributed by atoms with Crippen LogP contribution in [0.2, 0.25) is 0 Å². The summed E-state index contributed by atoms with van der Waals surface area (Å²) >= 11 is 0. The molecular weight excluding hydrogens is 224 g/mol. The van der Waals surface area contributed by atoms with Gasteiger partial charge in [-0.3, -0.25) is 0 Å². The monoisotopic (exact) mass is 244 g/mol. The topological polar surface area (TPSA) is 32.3 Å². The van der Waals surface area contributed by atoms with Gasteiger partial charge in [-0.25, -0.2) is 4.79 Å². The molecule has 2 amide bonds. The molecule has 0 aliphatic carbocycles. The number of benzene rings is 1. The van der Waals surface area contributed by atoms with Gasteiger partial charge in [0.15, 0.2) is 0 Å². The number of aryl methyl sites for hydroxylation is 2. The zero-order chi connectivity index (χ0) is 13.0. The number of carbonyl (C=O) groups is 1. The highest BCUT2D eigenvalue weighted by Crippen LogP contribution is 2.23. The van der Waals surface area contributed by atoms with E-state index in [9.17, 15) is 4.79 Å². The summed E-state index contributed by atoms with van der Waals surface area (Å²) in [6.45, 7) is 5.65. The van der Waals surface area contributed by atoms with E-state index in [2.05, 4.69) is 37.4 Å². The van der Waals surface area contributed by atoms with Gasteiger partial charge in [-0.1, -0.05) is 44.2 Å². The van der Waals surface area contributed by atoms with Crippen LogP contribution in [0.1, 0.15) is 25.0 Å². The van der Waals surface area contributed by atoms with Crippen LogP contribution in [0.3, 0.4) is 0 Å². The van der Waals surface area contributed by atoms with Gasteiger partial charge in [0.1, 0.15) is 0 Å². The van der Waals surface area contributed by atoms with Crippen LogP contribution in [-0.4, -0.2) is 24.0 Å². The Morgan fingerprint density at radius 1 is 1.17 bits per heavy atom. The van der Waals surface area contributed by atoms with Crippen molar-refractivity contribution >= 4 is 11.7 Å². The molecule has 0 radical (unpaired) electrons. The lowest BCUT2D eigenvalue weighted by molar-refractivity contribution is 0.224. The first-order valence-electron chi connectivity index (χ1n) is 6.58. The molecule has 1 aromatic carbocycles. The first-order chi connectivity index (χ1) is 8.76. The van der Waals surface area contributed by atoms with Crippen molar-refractivity contribution in [2.75, 3.05) is 18.4 Å². The van der Waals surface area contributed by atoms with Crippen molar-refractivity contribution in [3.05, 3.63) is 41.5 Å². The predicted molar refractivity (Wildman–Crippen MR) is 74.9 cm³/mol. The molecule has 3 nitrogen and oxygen atoms in total. The molecule has 2 rings (SSSR count). The highest BCUT2D eigenvalue weighted by atomic mass is 16.2. The van der Waals surface area contributed by atoms with E-state index in [-0.39, 0.29) is 6.03 Å². The van der Waals surface area contributed by atoms with Crippen LogP contribution in [0.5, 0.6) is 0 Å². The molecule has 0 bridgehead atoms. The first kappa shape index (κ1) is 12.7. The van der Waals surface area contributed by atoms with Crippen LogP contribution in [0.15, 0.2) is 30.4 Å². The molecule has 3 heteroatoms. The van der Waals surface area contributed by atoms with Crippen LogP contribution < -0.4 is 5.32 Å². The zero-order valence-corrected chi connectivity index (χ0v) is 11.1. The lowest BCUT2D eigenvalue weighted by Crippen LogP contribution is -2.33. The molecule has 1 aliphatic heterocycles. The maximum Gasteiger partial charge on any atom is 0.322 e. The summed E-state index contributed by atoms with van der Waals surface area (Å²) in [4.78, 5) is 13.9. The molecule has 0 fully saturated rings. The van der Waals surface area contributed by atoms with Crippen LogP contribution in [0.25, 0.3) is 0 Å². The van der Waals surface area contributed by atoms with Crippen LogP contribution >= 0.6 is 0 Å². The Morgan fingerprint density at radius 2 is 1.72 bits per heavy atom. The molecule has 0 spiro atoms. The number of carbonyl (C=O) groups excluding carboxylic acids is 1. The molecule has 0 aromatic heterocycles. The average Bonchev–Trinajstić information content (AvgIpc) is 2.93. The van der Waals surface area contributed by atoms with Gasteiger partial charge in [0.25, 0.3) is 0 Å². The van der Waals surface area contributed by atoms with Gasteiger partial charge < -0.3 is 10.2 Å². The van der Waals surface area contributed by atoms with Crippen molar-refractivity contribution in [2.24, 2.45) is 0 Å². The number of hydrogen-bond acceptors (Lipinski definition) is 1. The third-order valence-electron chi connectivity index (χ3n) is 3.34. The fraction of sp³-hybridized carbons (Fsp3) is 0.400. The predicted octanol–water partition coefficient (Wildman–Crippen LogP) is 3.22. The molecule has 0 atom stereocenters. The Bertz CT molecular complexity index is 435. The van der Waals surface area contributed by atoms with Gasteiger partial charge in [0.2, 0.25) is 0 Å². The molecule has 18 heavy (non-hydrogen) atoms. The Balaban J connectivity index is 2.19. The normalized spacial score (nSPS) is 14.0. The van der Waals surface area contributed by atoms with Crippen LogP contribution in [0.4, 0.5) is 10.5 Å². The van der Waals surface area contributed by atoms with E-state index in [1.54, 1.807) is 4.90 Å². The van der Waals surface area contributed by atoms with Crippen molar-refractivity contribution < 1.29 is 4.79 Å².